The molecule has 150 valence electrons. The topological polar surface area (TPSA) is 61.4 Å². The number of nitrogens with one attached hydrogen (secondary N) is 1. The number of amides is 1. The average Bonchev–Trinajstić information content (AvgIpc) is 2.74. The predicted octanol–water partition coefficient (Wildman–Crippen LogP) is 3.99. The number of carbonyl (C=O) groups is 1. The van der Waals surface area contributed by atoms with Crippen LogP contribution in [0.1, 0.15) is 22.8 Å². The fourth-order valence-electron chi connectivity index (χ4n) is 3.62. The van der Waals surface area contributed by atoms with Crippen molar-refractivity contribution in [2.75, 3.05) is 42.9 Å². The van der Waals surface area contributed by atoms with Crippen LogP contribution >= 0.6 is 11.6 Å². The lowest BCUT2D eigenvalue weighted by Gasteiger charge is -2.35. The molecule has 0 spiro atoms. The van der Waals surface area contributed by atoms with Gasteiger partial charge in [-0.1, -0.05) is 18.5 Å². The maximum atomic E-state index is 12.4. The molecule has 0 unspecified atom stereocenters. The van der Waals surface area contributed by atoms with Crippen LogP contribution in [-0.2, 0) is 0 Å². The molecule has 6 nitrogen and oxygen atoms in total. The molecule has 4 rings (SSSR count). The number of pyridine rings is 2. The summed E-state index contributed by atoms with van der Waals surface area (Å²) >= 11 is 5.79. The highest BCUT2D eigenvalue weighted by Crippen LogP contribution is 2.26. The van der Waals surface area contributed by atoms with Crippen molar-refractivity contribution in [2.24, 2.45) is 0 Å². The van der Waals surface area contributed by atoms with Gasteiger partial charge in [-0.3, -0.25) is 4.79 Å². The lowest BCUT2D eigenvalue weighted by Crippen LogP contribution is -2.46. The normalized spacial score (nSPS) is 14.9. The third-order valence-corrected chi connectivity index (χ3v) is 5.62. The smallest absolute Gasteiger partial charge is 0.257 e. The fourth-order valence-corrected chi connectivity index (χ4v) is 3.73. The van der Waals surface area contributed by atoms with E-state index in [-0.39, 0.29) is 5.91 Å². The van der Waals surface area contributed by atoms with E-state index in [2.05, 4.69) is 40.0 Å². The molecule has 1 aliphatic heterocycles. The zero-order chi connectivity index (χ0) is 20.4. The van der Waals surface area contributed by atoms with Crippen LogP contribution in [0.25, 0.3) is 10.9 Å². The number of hydrogen-bond acceptors (Lipinski definition) is 5. The molecule has 0 saturated carbocycles. The van der Waals surface area contributed by atoms with Crippen molar-refractivity contribution in [1.82, 2.24) is 14.9 Å². The van der Waals surface area contributed by atoms with E-state index >= 15 is 0 Å². The standard InChI is InChI=1S/C22H24ClN5O/c1-3-27-8-10-28(11-9-27)21-12-15(2)18-13-17(5-6-19(18)26-21)25-22(29)16-4-7-20(23)24-14-16/h4-7,12-14H,3,8-11H2,1-2H3,(H,25,29). The van der Waals surface area contributed by atoms with Crippen LogP contribution in [0.4, 0.5) is 11.5 Å². The highest BCUT2D eigenvalue weighted by molar-refractivity contribution is 6.29. The Kier molecular flexibility index (Phi) is 5.65. The van der Waals surface area contributed by atoms with E-state index in [1.807, 2.05) is 18.2 Å². The van der Waals surface area contributed by atoms with Crippen molar-refractivity contribution in [3.63, 3.8) is 0 Å². The van der Waals surface area contributed by atoms with Crippen molar-refractivity contribution < 1.29 is 4.79 Å². The van der Waals surface area contributed by atoms with Gasteiger partial charge in [0.05, 0.1) is 11.1 Å². The Labute approximate surface area is 175 Å². The molecule has 0 bridgehead atoms. The first-order chi connectivity index (χ1) is 14.0. The van der Waals surface area contributed by atoms with Gasteiger partial charge in [0.1, 0.15) is 11.0 Å². The zero-order valence-electron chi connectivity index (χ0n) is 16.7. The second kappa shape index (κ2) is 8.35. The SMILES string of the molecule is CCN1CCN(c2cc(C)c3cc(NC(=O)c4ccc(Cl)nc4)ccc3n2)CC1. The zero-order valence-corrected chi connectivity index (χ0v) is 17.4. The number of rotatable bonds is 4. The van der Waals surface area contributed by atoms with E-state index < -0.39 is 0 Å². The summed E-state index contributed by atoms with van der Waals surface area (Å²) in [6.45, 7) is 9.51. The number of anilines is 2. The summed E-state index contributed by atoms with van der Waals surface area (Å²) in [5.74, 6) is 0.805. The van der Waals surface area contributed by atoms with Crippen molar-refractivity contribution in [3.05, 3.63) is 58.9 Å². The summed E-state index contributed by atoms with van der Waals surface area (Å²) in [5.41, 5.74) is 3.27. The van der Waals surface area contributed by atoms with Gasteiger partial charge in [-0.2, -0.15) is 0 Å². The summed E-state index contributed by atoms with van der Waals surface area (Å²) in [6, 6.07) is 11.2. The molecular weight excluding hydrogens is 386 g/mol. The Hall–Kier alpha value is -2.70. The quantitative estimate of drug-likeness (QED) is 0.660. The molecule has 3 aromatic rings. The lowest BCUT2D eigenvalue weighted by molar-refractivity contribution is 0.102. The van der Waals surface area contributed by atoms with E-state index in [4.69, 9.17) is 16.6 Å². The Morgan fingerprint density at radius 3 is 2.62 bits per heavy atom. The highest BCUT2D eigenvalue weighted by atomic mass is 35.5. The van der Waals surface area contributed by atoms with Crippen LogP contribution in [0.2, 0.25) is 5.15 Å². The van der Waals surface area contributed by atoms with Crippen molar-refractivity contribution in [2.45, 2.75) is 13.8 Å². The number of aromatic nitrogens is 2. The Bertz CT molecular complexity index is 1030. The van der Waals surface area contributed by atoms with Crippen LogP contribution in [0.3, 0.4) is 0 Å². The molecule has 1 amide bonds. The van der Waals surface area contributed by atoms with Crippen molar-refractivity contribution in [3.8, 4) is 0 Å². The van der Waals surface area contributed by atoms with Gasteiger partial charge in [-0.05, 0) is 55.4 Å². The van der Waals surface area contributed by atoms with E-state index in [0.29, 0.717) is 10.7 Å². The molecule has 1 saturated heterocycles. The predicted molar refractivity (Wildman–Crippen MR) is 118 cm³/mol. The molecule has 0 atom stereocenters. The molecule has 0 radical (unpaired) electrons. The number of nitrogens with zero attached hydrogens (tertiary/aromatic N) is 4. The van der Waals surface area contributed by atoms with Gasteiger partial charge in [-0.25, -0.2) is 9.97 Å². The second-order valence-corrected chi connectivity index (χ2v) is 7.66. The van der Waals surface area contributed by atoms with Gasteiger partial charge >= 0.3 is 0 Å². The fraction of sp³-hybridized carbons (Fsp3) is 0.318. The molecule has 1 N–H and O–H groups in total. The summed E-state index contributed by atoms with van der Waals surface area (Å²) in [7, 11) is 0. The van der Waals surface area contributed by atoms with E-state index in [0.717, 1.165) is 60.7 Å². The minimum atomic E-state index is -0.218. The highest BCUT2D eigenvalue weighted by Gasteiger charge is 2.18. The van der Waals surface area contributed by atoms with E-state index in [1.54, 1.807) is 12.1 Å². The molecular formula is C22H24ClN5O. The second-order valence-electron chi connectivity index (χ2n) is 7.27. The Morgan fingerprint density at radius 1 is 1.14 bits per heavy atom. The summed E-state index contributed by atoms with van der Waals surface area (Å²) < 4.78 is 0. The van der Waals surface area contributed by atoms with Crippen LogP contribution in [0.5, 0.6) is 0 Å². The first-order valence-electron chi connectivity index (χ1n) is 9.85. The van der Waals surface area contributed by atoms with E-state index in [9.17, 15) is 4.79 Å². The summed E-state index contributed by atoms with van der Waals surface area (Å²) in [4.78, 5) is 26.1. The van der Waals surface area contributed by atoms with Crippen molar-refractivity contribution >= 4 is 39.9 Å². The molecule has 1 fully saturated rings. The van der Waals surface area contributed by atoms with Crippen molar-refractivity contribution in [1.29, 1.82) is 0 Å². The van der Waals surface area contributed by atoms with Gasteiger partial charge in [0.15, 0.2) is 0 Å². The number of halogens is 1. The van der Waals surface area contributed by atoms with Gasteiger partial charge in [0.25, 0.3) is 5.91 Å². The molecule has 3 heterocycles. The monoisotopic (exact) mass is 409 g/mol. The van der Waals surface area contributed by atoms with Crippen LogP contribution in [-0.4, -0.2) is 53.5 Å². The van der Waals surface area contributed by atoms with Gasteiger partial charge < -0.3 is 15.1 Å². The largest absolute Gasteiger partial charge is 0.354 e. The summed E-state index contributed by atoms with van der Waals surface area (Å²) in [5, 5.41) is 4.32. The summed E-state index contributed by atoms with van der Waals surface area (Å²) in [6.07, 6.45) is 1.47. The average molecular weight is 410 g/mol. The lowest BCUT2D eigenvalue weighted by atomic mass is 10.1. The third-order valence-electron chi connectivity index (χ3n) is 5.39. The third kappa shape index (κ3) is 4.33. The Balaban J connectivity index is 1.54. The van der Waals surface area contributed by atoms with Crippen LogP contribution in [0.15, 0.2) is 42.6 Å². The maximum absolute atomic E-state index is 12.4. The minimum Gasteiger partial charge on any atom is -0.354 e. The van der Waals surface area contributed by atoms with Gasteiger partial charge in [-0.15, -0.1) is 0 Å². The first kappa shape index (κ1) is 19.6. The molecule has 0 aliphatic carbocycles. The number of fused-ring (bicyclic) bond motifs is 1. The molecule has 1 aliphatic rings. The Morgan fingerprint density at radius 2 is 1.93 bits per heavy atom. The maximum Gasteiger partial charge on any atom is 0.257 e. The number of carbonyl (C=O) groups excluding carboxylic acids is 1. The van der Waals surface area contributed by atoms with E-state index in [1.165, 1.54) is 6.20 Å². The van der Waals surface area contributed by atoms with Gasteiger partial charge in [0.2, 0.25) is 0 Å². The van der Waals surface area contributed by atoms with Gasteiger partial charge in [0, 0.05) is 43.4 Å². The number of benzene rings is 1. The molecule has 29 heavy (non-hydrogen) atoms. The number of piperazine rings is 1. The number of likely N-dealkylation sites (N-methyl/N-ethyl adjacent to an activating group) is 1. The molecule has 1 aromatic carbocycles. The molecule has 2 aromatic heterocycles. The number of aryl methyl sites for hydroxylation is 1. The minimum absolute atomic E-state index is 0.218. The molecule has 7 heteroatoms. The van der Waals surface area contributed by atoms with Crippen LogP contribution in [0, 0.1) is 6.92 Å². The van der Waals surface area contributed by atoms with Crippen LogP contribution < -0.4 is 10.2 Å². The first-order valence-corrected chi connectivity index (χ1v) is 10.2. The number of hydrogen-bond donors (Lipinski definition) is 1.